The molecule has 0 aliphatic heterocycles. The van der Waals surface area contributed by atoms with Gasteiger partial charge in [0.05, 0.1) is 18.7 Å². The maximum Gasteiger partial charge on any atom is 0.289 e. The second-order valence-electron chi connectivity index (χ2n) is 9.91. The molecular formula is C26H41Cl2N7O3. The fraction of sp³-hybridized carbons (Fsp3) is 0.615. The Morgan fingerprint density at radius 3 is 2.34 bits per heavy atom. The topological polar surface area (TPSA) is 124 Å². The number of methoxy groups -OCH3 is 1. The molecule has 0 bridgehead atoms. The molecule has 4 N–H and O–H groups in total. The van der Waals surface area contributed by atoms with Crippen LogP contribution in [-0.2, 0) is 9.57 Å². The maximum absolute atomic E-state index is 13.2. The molecule has 0 radical (unpaired) electrons. The number of benzene rings is 1. The van der Waals surface area contributed by atoms with Crippen molar-refractivity contribution >= 4 is 53.4 Å². The number of fused-ring (bicyclic) bond motifs is 1. The first kappa shape index (κ1) is 31.8. The van der Waals surface area contributed by atoms with E-state index in [1.165, 1.54) is 12.2 Å². The molecule has 0 unspecified atom stereocenters. The lowest BCUT2D eigenvalue weighted by Crippen LogP contribution is -2.52. The first-order valence-corrected chi connectivity index (χ1v) is 12.9. The highest BCUT2D eigenvalue weighted by molar-refractivity contribution is 5.96. The van der Waals surface area contributed by atoms with Crippen molar-refractivity contribution in [1.29, 1.82) is 5.41 Å². The van der Waals surface area contributed by atoms with E-state index in [0.29, 0.717) is 5.82 Å². The highest BCUT2D eigenvalue weighted by atomic mass is 35.5. The van der Waals surface area contributed by atoms with Gasteiger partial charge in [-0.15, -0.1) is 24.8 Å². The number of hydrogen-bond donors (Lipinski definition) is 4. The summed E-state index contributed by atoms with van der Waals surface area (Å²) in [6.45, 7) is 2.03. The molecular weight excluding hydrogens is 529 g/mol. The smallest absolute Gasteiger partial charge is 0.289 e. The van der Waals surface area contributed by atoms with Crippen molar-refractivity contribution in [3.63, 3.8) is 0 Å². The molecule has 2 aliphatic rings. The predicted molar refractivity (Wildman–Crippen MR) is 155 cm³/mol. The molecule has 2 aromatic rings. The number of hydrogen-bond acceptors (Lipinski definition) is 7. The molecule has 1 heterocycles. The fourth-order valence-corrected chi connectivity index (χ4v) is 5.16. The van der Waals surface area contributed by atoms with Crippen molar-refractivity contribution in [3.05, 3.63) is 29.6 Å². The van der Waals surface area contributed by atoms with Crippen molar-refractivity contribution in [2.45, 2.75) is 82.5 Å². The Hall–Kier alpha value is -2.40. The zero-order chi connectivity index (χ0) is 25.7. The average Bonchev–Trinajstić information content (AvgIpc) is 2.89. The SMILES string of the molecule is CON(C)C(=N)N[C@@H]1CCCC[C@@H]1Nc1nc(C(=O)N[C@H]2CC[C@H](OC)CC2)nc2ccc(C)cc12.Cl.Cl. The molecule has 2 fully saturated rings. The third-order valence-corrected chi connectivity index (χ3v) is 7.40. The molecule has 12 heteroatoms. The number of aromatic nitrogens is 2. The normalized spacial score (nSPS) is 22.9. The average molecular weight is 571 g/mol. The van der Waals surface area contributed by atoms with Crippen LogP contribution in [0.1, 0.15) is 67.5 Å². The van der Waals surface area contributed by atoms with Gasteiger partial charge in [-0.1, -0.05) is 24.5 Å². The Morgan fingerprint density at radius 1 is 1.00 bits per heavy atom. The van der Waals surface area contributed by atoms with Gasteiger partial charge in [-0.25, -0.2) is 15.0 Å². The van der Waals surface area contributed by atoms with E-state index in [2.05, 4.69) is 27.0 Å². The van der Waals surface area contributed by atoms with Crippen molar-refractivity contribution in [3.8, 4) is 0 Å². The minimum atomic E-state index is -0.247. The minimum absolute atomic E-state index is 0. The molecule has 4 rings (SSSR count). The summed E-state index contributed by atoms with van der Waals surface area (Å²) in [5, 5.41) is 20.6. The molecule has 0 spiro atoms. The predicted octanol–water partition coefficient (Wildman–Crippen LogP) is 4.21. The van der Waals surface area contributed by atoms with E-state index < -0.39 is 0 Å². The number of aryl methyl sites for hydroxylation is 1. The van der Waals surface area contributed by atoms with Crippen LogP contribution < -0.4 is 16.0 Å². The Labute approximate surface area is 237 Å². The molecule has 2 saturated carbocycles. The largest absolute Gasteiger partial charge is 0.381 e. The van der Waals surface area contributed by atoms with Gasteiger partial charge in [0.2, 0.25) is 11.8 Å². The van der Waals surface area contributed by atoms with Gasteiger partial charge in [-0.3, -0.25) is 15.0 Å². The van der Waals surface area contributed by atoms with Gasteiger partial charge in [0.15, 0.2) is 0 Å². The van der Waals surface area contributed by atoms with Crippen LogP contribution in [0.25, 0.3) is 10.9 Å². The van der Waals surface area contributed by atoms with Crippen molar-refractivity contribution in [2.75, 3.05) is 26.6 Å². The lowest BCUT2D eigenvalue weighted by atomic mass is 9.90. The van der Waals surface area contributed by atoms with E-state index >= 15 is 0 Å². The van der Waals surface area contributed by atoms with Gasteiger partial charge >= 0.3 is 0 Å². The summed E-state index contributed by atoms with van der Waals surface area (Å²) in [6, 6.07) is 6.18. The van der Waals surface area contributed by atoms with Crippen LogP contribution in [0.3, 0.4) is 0 Å². The number of halogens is 2. The second kappa shape index (κ2) is 14.7. The van der Waals surface area contributed by atoms with Gasteiger partial charge in [-0.05, 0) is 57.6 Å². The van der Waals surface area contributed by atoms with Gasteiger partial charge < -0.3 is 20.7 Å². The number of nitrogens with one attached hydrogen (secondary N) is 4. The summed E-state index contributed by atoms with van der Waals surface area (Å²) in [7, 11) is 4.99. The Kier molecular flexibility index (Phi) is 12.3. The zero-order valence-electron chi connectivity index (χ0n) is 22.6. The van der Waals surface area contributed by atoms with Crippen LogP contribution in [0.5, 0.6) is 0 Å². The van der Waals surface area contributed by atoms with Gasteiger partial charge in [0, 0.05) is 37.7 Å². The highest BCUT2D eigenvalue weighted by Gasteiger charge is 2.29. The van der Waals surface area contributed by atoms with E-state index in [-0.39, 0.29) is 66.7 Å². The fourth-order valence-electron chi connectivity index (χ4n) is 5.16. The lowest BCUT2D eigenvalue weighted by molar-refractivity contribution is -0.0469. The minimum Gasteiger partial charge on any atom is -0.381 e. The summed E-state index contributed by atoms with van der Waals surface area (Å²) in [5.74, 6) is 0.795. The van der Waals surface area contributed by atoms with E-state index in [0.717, 1.165) is 67.8 Å². The molecule has 0 saturated heterocycles. The summed E-state index contributed by atoms with van der Waals surface area (Å²) in [4.78, 5) is 27.7. The molecule has 10 nitrogen and oxygen atoms in total. The van der Waals surface area contributed by atoms with Gasteiger partial charge in [0.1, 0.15) is 5.82 Å². The number of nitrogens with zero attached hydrogens (tertiary/aromatic N) is 3. The Bertz CT molecular complexity index is 1080. The molecule has 1 amide bonds. The molecule has 212 valence electrons. The third kappa shape index (κ3) is 7.81. The number of ether oxygens (including phenoxy) is 1. The van der Waals surface area contributed by atoms with Crippen LogP contribution in [0.15, 0.2) is 18.2 Å². The summed E-state index contributed by atoms with van der Waals surface area (Å²) < 4.78 is 5.45. The Morgan fingerprint density at radius 2 is 1.68 bits per heavy atom. The molecule has 38 heavy (non-hydrogen) atoms. The number of guanidine groups is 1. The standard InChI is InChI=1S/C26H39N7O3.2ClH/c1-16-9-14-20-19(15-16)23(30-21-7-5-6-8-22(21)31-26(27)33(2)36-4)32-24(29-20)25(34)28-17-10-12-18(35-3)13-11-17;;/h9,14-15,17-18,21-22H,5-8,10-13H2,1-4H3,(H2,27,31)(H,28,34)(H,29,30,32);2*1H/t17-,18-,21-,22+;;/m0../s1. The van der Waals surface area contributed by atoms with E-state index in [4.69, 9.17) is 20.0 Å². The van der Waals surface area contributed by atoms with E-state index in [1.54, 1.807) is 14.2 Å². The quantitative estimate of drug-likeness (QED) is 0.222. The van der Waals surface area contributed by atoms with Crippen molar-refractivity contribution in [1.82, 2.24) is 25.7 Å². The van der Waals surface area contributed by atoms with Gasteiger partial charge in [0.25, 0.3) is 5.91 Å². The van der Waals surface area contributed by atoms with Crippen LogP contribution in [-0.4, -0.2) is 72.4 Å². The molecule has 2 atom stereocenters. The third-order valence-electron chi connectivity index (χ3n) is 7.40. The maximum atomic E-state index is 13.2. The highest BCUT2D eigenvalue weighted by Crippen LogP contribution is 2.27. The van der Waals surface area contributed by atoms with Crippen molar-refractivity contribution < 1.29 is 14.4 Å². The summed E-state index contributed by atoms with van der Waals surface area (Å²) >= 11 is 0. The number of carbonyl (C=O) groups excluding carboxylic acids is 1. The lowest BCUT2D eigenvalue weighted by Gasteiger charge is -2.35. The first-order chi connectivity index (χ1) is 17.4. The van der Waals surface area contributed by atoms with E-state index in [9.17, 15) is 4.79 Å². The van der Waals surface area contributed by atoms with Gasteiger partial charge in [-0.2, -0.15) is 0 Å². The summed E-state index contributed by atoms with van der Waals surface area (Å²) in [6.07, 6.45) is 7.96. The monoisotopic (exact) mass is 569 g/mol. The summed E-state index contributed by atoms with van der Waals surface area (Å²) in [5.41, 5.74) is 1.83. The number of rotatable bonds is 7. The van der Waals surface area contributed by atoms with Crippen LogP contribution in [0.4, 0.5) is 5.82 Å². The first-order valence-electron chi connectivity index (χ1n) is 12.9. The van der Waals surface area contributed by atoms with Crippen molar-refractivity contribution in [2.24, 2.45) is 0 Å². The van der Waals surface area contributed by atoms with E-state index in [1.807, 2.05) is 19.1 Å². The number of hydroxylamine groups is 2. The number of carbonyl (C=O) groups is 1. The number of anilines is 1. The van der Waals surface area contributed by atoms with Crippen LogP contribution >= 0.6 is 24.8 Å². The zero-order valence-corrected chi connectivity index (χ0v) is 24.2. The van der Waals surface area contributed by atoms with Crippen LogP contribution in [0.2, 0.25) is 0 Å². The molecule has 2 aliphatic carbocycles. The van der Waals surface area contributed by atoms with Crippen LogP contribution in [0, 0.1) is 12.3 Å². The second-order valence-corrected chi connectivity index (χ2v) is 9.91. The Balaban J connectivity index is 0.00000253. The molecule has 1 aromatic carbocycles. The number of amides is 1. The molecule has 1 aromatic heterocycles.